The van der Waals surface area contributed by atoms with Crippen LogP contribution in [0.1, 0.15) is 11.1 Å². The third-order valence-electron chi connectivity index (χ3n) is 3.80. The van der Waals surface area contributed by atoms with Crippen LogP contribution < -0.4 is 10.1 Å². The van der Waals surface area contributed by atoms with Gasteiger partial charge in [0.1, 0.15) is 23.9 Å². The molecule has 2 aromatic rings. The highest BCUT2D eigenvalue weighted by atomic mass is 19.1. The summed E-state index contributed by atoms with van der Waals surface area (Å²) < 4.78 is 19.3. The van der Waals surface area contributed by atoms with E-state index in [4.69, 9.17) is 4.74 Å². The highest BCUT2D eigenvalue weighted by Crippen LogP contribution is 2.20. The van der Waals surface area contributed by atoms with Crippen LogP contribution in [0.25, 0.3) is 6.08 Å². The number of amides is 3. The SMILES string of the molecule is C=CCN1C(=O)N/C(=C/c2cccc(OCc3ccccc3F)c2)C1=O. The number of ether oxygens (including phenoxy) is 1. The minimum atomic E-state index is -0.479. The molecule has 1 aliphatic heterocycles. The zero-order chi connectivity index (χ0) is 18.5. The van der Waals surface area contributed by atoms with Crippen LogP contribution in [0.4, 0.5) is 9.18 Å². The summed E-state index contributed by atoms with van der Waals surface area (Å²) in [5.41, 5.74) is 1.32. The molecule has 0 aromatic heterocycles. The van der Waals surface area contributed by atoms with Gasteiger partial charge in [-0.2, -0.15) is 0 Å². The largest absolute Gasteiger partial charge is 0.489 e. The molecule has 0 radical (unpaired) electrons. The Kier molecular flexibility index (Phi) is 5.12. The van der Waals surface area contributed by atoms with Crippen LogP contribution in [-0.2, 0) is 11.4 Å². The maximum Gasteiger partial charge on any atom is 0.329 e. The van der Waals surface area contributed by atoms with E-state index in [0.29, 0.717) is 16.9 Å². The summed E-state index contributed by atoms with van der Waals surface area (Å²) in [7, 11) is 0. The fourth-order valence-electron chi connectivity index (χ4n) is 2.50. The van der Waals surface area contributed by atoms with Crippen molar-refractivity contribution in [2.75, 3.05) is 6.54 Å². The molecule has 132 valence electrons. The lowest BCUT2D eigenvalue weighted by Gasteiger charge is -2.08. The van der Waals surface area contributed by atoms with E-state index >= 15 is 0 Å². The van der Waals surface area contributed by atoms with Crippen molar-refractivity contribution in [3.63, 3.8) is 0 Å². The Labute approximate surface area is 150 Å². The van der Waals surface area contributed by atoms with E-state index in [0.717, 1.165) is 4.90 Å². The predicted molar refractivity (Wildman–Crippen MR) is 95.6 cm³/mol. The highest BCUT2D eigenvalue weighted by Gasteiger charge is 2.32. The number of imide groups is 1. The lowest BCUT2D eigenvalue weighted by atomic mass is 10.1. The second-order valence-corrected chi connectivity index (χ2v) is 5.65. The van der Waals surface area contributed by atoms with Crippen molar-refractivity contribution in [1.29, 1.82) is 0 Å². The number of urea groups is 1. The zero-order valence-corrected chi connectivity index (χ0v) is 13.9. The Morgan fingerprint density at radius 3 is 2.73 bits per heavy atom. The molecule has 3 rings (SSSR count). The topological polar surface area (TPSA) is 58.6 Å². The molecule has 0 unspecified atom stereocenters. The number of hydrogen-bond donors (Lipinski definition) is 1. The molecular formula is C20H17FN2O3. The molecule has 1 fully saturated rings. The molecule has 1 saturated heterocycles. The summed E-state index contributed by atoms with van der Waals surface area (Å²) >= 11 is 0. The number of nitrogens with zero attached hydrogens (tertiary/aromatic N) is 1. The number of nitrogens with one attached hydrogen (secondary N) is 1. The first kappa shape index (κ1) is 17.4. The average Bonchev–Trinajstić information content (AvgIpc) is 2.89. The van der Waals surface area contributed by atoms with E-state index in [1.807, 2.05) is 0 Å². The van der Waals surface area contributed by atoms with Crippen molar-refractivity contribution < 1.29 is 18.7 Å². The number of hydrogen-bond acceptors (Lipinski definition) is 3. The molecule has 2 aromatic carbocycles. The van der Waals surface area contributed by atoms with Gasteiger partial charge >= 0.3 is 6.03 Å². The molecule has 1 aliphatic rings. The molecule has 0 aliphatic carbocycles. The van der Waals surface area contributed by atoms with Crippen LogP contribution in [0.2, 0.25) is 0 Å². The zero-order valence-electron chi connectivity index (χ0n) is 13.9. The van der Waals surface area contributed by atoms with Gasteiger partial charge in [-0.1, -0.05) is 36.4 Å². The van der Waals surface area contributed by atoms with E-state index in [1.165, 1.54) is 12.1 Å². The van der Waals surface area contributed by atoms with E-state index in [-0.39, 0.29) is 24.7 Å². The summed E-state index contributed by atoms with van der Waals surface area (Å²) in [4.78, 5) is 25.0. The summed E-state index contributed by atoms with van der Waals surface area (Å²) in [5, 5.41) is 2.53. The van der Waals surface area contributed by atoms with Gasteiger partial charge in [-0.25, -0.2) is 9.18 Å². The first-order valence-electron chi connectivity index (χ1n) is 8.00. The van der Waals surface area contributed by atoms with Gasteiger partial charge in [-0.15, -0.1) is 6.58 Å². The molecule has 0 atom stereocenters. The second kappa shape index (κ2) is 7.65. The van der Waals surface area contributed by atoms with Gasteiger partial charge in [-0.3, -0.25) is 9.69 Å². The standard InChI is InChI=1S/C20H17FN2O3/c1-2-10-23-19(24)18(22-20(23)25)12-14-6-5-8-16(11-14)26-13-15-7-3-4-9-17(15)21/h2-9,11-12H,1,10,13H2,(H,22,25)/b18-12+. The van der Waals surface area contributed by atoms with Crippen LogP contribution in [-0.4, -0.2) is 23.4 Å². The first-order valence-corrected chi connectivity index (χ1v) is 8.00. The minimum absolute atomic E-state index is 0.0927. The van der Waals surface area contributed by atoms with Crippen molar-refractivity contribution in [2.24, 2.45) is 0 Å². The number of halogens is 1. The summed E-state index contributed by atoms with van der Waals surface area (Å²) in [6, 6.07) is 12.9. The van der Waals surface area contributed by atoms with Crippen molar-refractivity contribution in [2.45, 2.75) is 6.61 Å². The van der Waals surface area contributed by atoms with Crippen molar-refractivity contribution >= 4 is 18.0 Å². The first-order chi connectivity index (χ1) is 12.6. The smallest absolute Gasteiger partial charge is 0.329 e. The number of carbonyl (C=O) groups is 2. The van der Waals surface area contributed by atoms with Gasteiger partial charge in [-0.05, 0) is 29.8 Å². The number of carbonyl (C=O) groups excluding carboxylic acids is 2. The van der Waals surface area contributed by atoms with Crippen LogP contribution in [0, 0.1) is 5.82 Å². The van der Waals surface area contributed by atoms with E-state index in [9.17, 15) is 14.0 Å². The molecule has 5 nitrogen and oxygen atoms in total. The molecule has 26 heavy (non-hydrogen) atoms. The average molecular weight is 352 g/mol. The number of rotatable bonds is 6. The Hall–Kier alpha value is -3.41. The molecule has 0 bridgehead atoms. The third kappa shape index (κ3) is 3.80. The third-order valence-corrected chi connectivity index (χ3v) is 3.80. The summed E-state index contributed by atoms with van der Waals surface area (Å²) in [5.74, 6) is -0.206. The van der Waals surface area contributed by atoms with E-state index in [2.05, 4.69) is 11.9 Å². The van der Waals surface area contributed by atoms with Crippen LogP contribution in [0.3, 0.4) is 0 Å². The minimum Gasteiger partial charge on any atom is -0.489 e. The van der Waals surface area contributed by atoms with Gasteiger partial charge < -0.3 is 10.1 Å². The van der Waals surface area contributed by atoms with Gasteiger partial charge in [0, 0.05) is 12.1 Å². The van der Waals surface area contributed by atoms with E-state index < -0.39 is 11.9 Å². The quantitative estimate of drug-likeness (QED) is 0.492. The van der Waals surface area contributed by atoms with Crippen molar-refractivity contribution in [1.82, 2.24) is 10.2 Å². The molecule has 1 heterocycles. The molecular weight excluding hydrogens is 335 g/mol. The lowest BCUT2D eigenvalue weighted by molar-refractivity contribution is -0.122. The maximum atomic E-state index is 13.6. The van der Waals surface area contributed by atoms with Crippen LogP contribution in [0.5, 0.6) is 5.75 Å². The Bertz CT molecular complexity index is 892. The Balaban J connectivity index is 1.73. The Morgan fingerprint density at radius 2 is 1.96 bits per heavy atom. The summed E-state index contributed by atoms with van der Waals surface area (Å²) in [6.07, 6.45) is 3.05. The highest BCUT2D eigenvalue weighted by molar-refractivity contribution is 6.14. The van der Waals surface area contributed by atoms with E-state index in [1.54, 1.807) is 48.5 Å². The molecule has 1 N–H and O–H groups in total. The molecule has 3 amide bonds. The monoisotopic (exact) mass is 352 g/mol. The van der Waals surface area contributed by atoms with Crippen LogP contribution >= 0.6 is 0 Å². The second-order valence-electron chi connectivity index (χ2n) is 5.65. The molecule has 0 spiro atoms. The van der Waals surface area contributed by atoms with Crippen molar-refractivity contribution in [3.8, 4) is 5.75 Å². The number of benzene rings is 2. The predicted octanol–water partition coefficient (Wildman–Crippen LogP) is 3.48. The van der Waals surface area contributed by atoms with Crippen molar-refractivity contribution in [3.05, 3.63) is 83.8 Å². The lowest BCUT2D eigenvalue weighted by Crippen LogP contribution is -2.30. The van der Waals surface area contributed by atoms with Gasteiger partial charge in [0.25, 0.3) is 5.91 Å². The molecule has 6 heteroatoms. The fourth-order valence-corrected chi connectivity index (χ4v) is 2.50. The van der Waals surface area contributed by atoms with Crippen LogP contribution in [0.15, 0.2) is 66.9 Å². The Morgan fingerprint density at radius 1 is 1.15 bits per heavy atom. The maximum absolute atomic E-state index is 13.6. The van der Waals surface area contributed by atoms with Gasteiger partial charge in [0.2, 0.25) is 0 Å². The fraction of sp³-hybridized carbons (Fsp3) is 0.100. The van der Waals surface area contributed by atoms with Gasteiger partial charge in [0.05, 0.1) is 0 Å². The summed E-state index contributed by atoms with van der Waals surface area (Å²) in [6.45, 7) is 3.77. The van der Waals surface area contributed by atoms with Gasteiger partial charge in [0.15, 0.2) is 0 Å². The molecule has 0 saturated carbocycles. The normalized spacial score (nSPS) is 15.3.